The van der Waals surface area contributed by atoms with Crippen molar-refractivity contribution in [2.45, 2.75) is 77.6 Å². The number of phosphoric ester groups is 1. The van der Waals surface area contributed by atoms with Gasteiger partial charge in [-0.25, -0.2) is 0 Å². The summed E-state index contributed by atoms with van der Waals surface area (Å²) in [6.07, 6.45) is 13.6. The molecule has 5 nitrogen and oxygen atoms in total. The summed E-state index contributed by atoms with van der Waals surface area (Å²) < 4.78 is 22.0. The number of rotatable bonds is 17. The molecule has 0 aliphatic carbocycles. The largest absolute Gasteiger partial charge is 0.756 e. The fourth-order valence-corrected chi connectivity index (χ4v) is 3.14. The summed E-state index contributed by atoms with van der Waals surface area (Å²) in [5, 5.41) is 0. The Kier molecular flexibility index (Phi) is 14.3. The Bertz CT molecular complexity index is 331. The van der Waals surface area contributed by atoms with Crippen molar-refractivity contribution in [2.75, 3.05) is 40.9 Å². The molecule has 1 atom stereocenters. The summed E-state index contributed by atoms with van der Waals surface area (Å²) in [6, 6.07) is 0. The molecular formula is C18H40NO4P. The van der Waals surface area contributed by atoms with Crippen LogP contribution in [-0.2, 0) is 13.6 Å². The second-order valence-electron chi connectivity index (χ2n) is 7.66. The molecule has 6 heteroatoms. The van der Waals surface area contributed by atoms with Crippen molar-refractivity contribution in [1.29, 1.82) is 0 Å². The quantitative estimate of drug-likeness (QED) is 0.216. The second kappa shape index (κ2) is 14.3. The summed E-state index contributed by atoms with van der Waals surface area (Å²) in [4.78, 5) is 11.6. The van der Waals surface area contributed by atoms with Gasteiger partial charge in [-0.05, 0) is 6.42 Å². The molecule has 1 unspecified atom stereocenters. The van der Waals surface area contributed by atoms with E-state index in [9.17, 15) is 9.46 Å². The van der Waals surface area contributed by atoms with Crippen LogP contribution in [0.2, 0.25) is 0 Å². The molecule has 146 valence electrons. The summed E-state index contributed by atoms with van der Waals surface area (Å²) in [7, 11) is 1.86. The number of nitrogens with zero attached hydrogens (tertiary/aromatic N) is 1. The zero-order valence-electron chi connectivity index (χ0n) is 16.4. The van der Waals surface area contributed by atoms with E-state index in [1.54, 1.807) is 0 Å². The van der Waals surface area contributed by atoms with Crippen LogP contribution in [0.15, 0.2) is 0 Å². The number of quaternary nitrogens is 1. The lowest BCUT2D eigenvalue weighted by Gasteiger charge is -2.27. The average molecular weight is 365 g/mol. The van der Waals surface area contributed by atoms with E-state index in [-0.39, 0.29) is 13.2 Å². The van der Waals surface area contributed by atoms with Crippen molar-refractivity contribution < 1.29 is 23.0 Å². The lowest BCUT2D eigenvalue weighted by atomic mass is 10.1. The van der Waals surface area contributed by atoms with Crippen LogP contribution in [0.3, 0.4) is 0 Å². The number of phosphoric acid groups is 1. The number of hydrogen-bond donors (Lipinski definition) is 0. The minimum atomic E-state index is -4.12. The van der Waals surface area contributed by atoms with Crippen molar-refractivity contribution >= 4 is 7.82 Å². The Balaban J connectivity index is 3.38. The van der Waals surface area contributed by atoms with Gasteiger partial charge in [-0.15, -0.1) is 0 Å². The summed E-state index contributed by atoms with van der Waals surface area (Å²) in [5.41, 5.74) is 0. The van der Waals surface area contributed by atoms with Gasteiger partial charge in [0.2, 0.25) is 0 Å². The minimum absolute atomic E-state index is 0.169. The van der Waals surface area contributed by atoms with Gasteiger partial charge in [0.1, 0.15) is 13.2 Å². The molecule has 0 N–H and O–H groups in total. The highest BCUT2D eigenvalue weighted by Crippen LogP contribution is 2.38. The molecule has 0 aromatic carbocycles. The number of unbranched alkanes of at least 4 members (excludes halogenated alkanes) is 10. The van der Waals surface area contributed by atoms with Crippen LogP contribution < -0.4 is 4.89 Å². The van der Waals surface area contributed by atoms with Gasteiger partial charge in [-0.1, -0.05) is 71.1 Å². The zero-order chi connectivity index (χ0) is 18.3. The van der Waals surface area contributed by atoms with Crippen LogP contribution in [0.1, 0.15) is 77.6 Å². The molecule has 0 aromatic rings. The van der Waals surface area contributed by atoms with Gasteiger partial charge < -0.3 is 18.4 Å². The predicted octanol–water partition coefficient (Wildman–Crippen LogP) is 4.51. The molecule has 0 saturated heterocycles. The second-order valence-corrected chi connectivity index (χ2v) is 9.07. The fraction of sp³-hybridized carbons (Fsp3) is 1.00. The molecule has 0 aromatic heterocycles. The topological polar surface area (TPSA) is 58.6 Å². The van der Waals surface area contributed by atoms with Crippen LogP contribution in [0, 0.1) is 0 Å². The van der Waals surface area contributed by atoms with Crippen molar-refractivity contribution in [3.05, 3.63) is 0 Å². The molecule has 0 radical (unpaired) electrons. The molecule has 0 amide bonds. The van der Waals surface area contributed by atoms with Gasteiger partial charge in [0.15, 0.2) is 0 Å². The highest BCUT2D eigenvalue weighted by molar-refractivity contribution is 7.45. The van der Waals surface area contributed by atoms with Gasteiger partial charge in [0, 0.05) is 0 Å². The minimum Gasteiger partial charge on any atom is -0.756 e. The van der Waals surface area contributed by atoms with Crippen molar-refractivity contribution in [2.24, 2.45) is 0 Å². The number of likely N-dealkylation sites (N-methyl/N-ethyl adjacent to an activating group) is 1. The highest BCUT2D eigenvalue weighted by atomic mass is 31.2. The Morgan fingerprint density at radius 1 is 0.750 bits per heavy atom. The normalized spacial score (nSPS) is 14.7. The third-order valence-corrected chi connectivity index (χ3v) is 5.01. The Hall–Kier alpha value is 0.0700. The van der Waals surface area contributed by atoms with E-state index < -0.39 is 7.82 Å². The van der Waals surface area contributed by atoms with Gasteiger partial charge in [-0.3, -0.25) is 4.57 Å². The van der Waals surface area contributed by atoms with Crippen LogP contribution >= 0.6 is 7.82 Å². The van der Waals surface area contributed by atoms with Gasteiger partial charge in [0.25, 0.3) is 7.82 Å². The standard InChI is InChI=1S/C18H40NO4P/c1-5-6-7-8-9-10-11-12-13-14-15-17-22-24(20,21)23-18-16-19(2,3)4/h5-18H2,1-4H3. The maximum Gasteiger partial charge on any atom is 0.268 e. The van der Waals surface area contributed by atoms with Crippen molar-refractivity contribution in [3.8, 4) is 0 Å². The molecule has 0 bridgehead atoms. The van der Waals surface area contributed by atoms with Gasteiger partial charge >= 0.3 is 0 Å². The van der Waals surface area contributed by atoms with E-state index in [1.807, 2.05) is 21.1 Å². The fourth-order valence-electron chi connectivity index (χ4n) is 2.41. The van der Waals surface area contributed by atoms with Crippen LogP contribution in [0.5, 0.6) is 0 Å². The first kappa shape index (κ1) is 24.1. The Morgan fingerprint density at radius 3 is 1.62 bits per heavy atom. The molecule has 0 heterocycles. The molecule has 0 spiro atoms. The van der Waals surface area contributed by atoms with E-state index >= 15 is 0 Å². The predicted molar refractivity (Wildman–Crippen MR) is 98.9 cm³/mol. The summed E-state index contributed by atoms with van der Waals surface area (Å²) >= 11 is 0. The zero-order valence-corrected chi connectivity index (χ0v) is 17.3. The maximum absolute atomic E-state index is 11.6. The Morgan fingerprint density at radius 2 is 1.17 bits per heavy atom. The van der Waals surface area contributed by atoms with Crippen LogP contribution in [0.4, 0.5) is 0 Å². The number of hydrogen-bond acceptors (Lipinski definition) is 4. The van der Waals surface area contributed by atoms with Crippen LogP contribution in [0.25, 0.3) is 0 Å². The maximum atomic E-state index is 11.6. The smallest absolute Gasteiger partial charge is 0.268 e. The highest BCUT2D eigenvalue weighted by Gasteiger charge is 2.12. The molecule has 0 aliphatic heterocycles. The van der Waals surface area contributed by atoms with E-state index in [0.29, 0.717) is 11.0 Å². The van der Waals surface area contributed by atoms with Crippen LogP contribution in [-0.4, -0.2) is 45.4 Å². The van der Waals surface area contributed by atoms with Crippen molar-refractivity contribution in [1.82, 2.24) is 0 Å². The van der Waals surface area contributed by atoms with E-state index in [4.69, 9.17) is 9.05 Å². The van der Waals surface area contributed by atoms with E-state index in [0.717, 1.165) is 19.3 Å². The molecule has 0 rings (SSSR count). The third kappa shape index (κ3) is 18.4. The SMILES string of the molecule is CCCCCCCCCCCCCOP(=O)([O-])OCC[N+](C)(C)C. The summed E-state index contributed by atoms with van der Waals surface area (Å²) in [5.74, 6) is 0. The monoisotopic (exact) mass is 365 g/mol. The molecule has 0 aliphatic rings. The van der Waals surface area contributed by atoms with Gasteiger partial charge in [0.05, 0.1) is 27.7 Å². The summed E-state index contributed by atoms with van der Waals surface area (Å²) in [6.45, 7) is 3.28. The van der Waals surface area contributed by atoms with Crippen molar-refractivity contribution in [3.63, 3.8) is 0 Å². The lowest BCUT2D eigenvalue weighted by molar-refractivity contribution is -0.870. The lowest BCUT2D eigenvalue weighted by Crippen LogP contribution is -2.37. The molecular weight excluding hydrogens is 325 g/mol. The Labute approximate surface area is 149 Å². The molecule has 0 fully saturated rings. The average Bonchev–Trinajstić information content (AvgIpc) is 2.46. The molecule has 0 saturated carbocycles. The molecule has 24 heavy (non-hydrogen) atoms. The van der Waals surface area contributed by atoms with Gasteiger partial charge in [-0.2, -0.15) is 0 Å². The third-order valence-electron chi connectivity index (χ3n) is 4.01. The first-order valence-electron chi connectivity index (χ1n) is 9.67. The van der Waals surface area contributed by atoms with E-state index in [2.05, 4.69) is 6.92 Å². The van der Waals surface area contributed by atoms with E-state index in [1.165, 1.54) is 51.4 Å². The first-order chi connectivity index (χ1) is 11.3. The first-order valence-corrected chi connectivity index (χ1v) is 11.1.